The first-order valence-electron chi connectivity index (χ1n) is 5.62. The highest BCUT2D eigenvalue weighted by molar-refractivity contribution is 5.88. The fourth-order valence-corrected chi connectivity index (χ4v) is 1.86. The third kappa shape index (κ3) is 3.95. The molecule has 1 rings (SSSR count). The Balaban J connectivity index is 2.50. The highest BCUT2D eigenvalue weighted by Gasteiger charge is 2.09. The van der Waals surface area contributed by atoms with E-state index >= 15 is 0 Å². The van der Waals surface area contributed by atoms with Crippen molar-refractivity contribution in [2.24, 2.45) is 0 Å². The molecule has 1 aliphatic rings. The van der Waals surface area contributed by atoms with E-state index in [0.717, 1.165) is 24.8 Å². The van der Waals surface area contributed by atoms with Crippen molar-refractivity contribution in [3.63, 3.8) is 0 Å². The quantitative estimate of drug-likeness (QED) is 0.602. The topological polar surface area (TPSA) is 26.3 Å². The van der Waals surface area contributed by atoms with Gasteiger partial charge in [0, 0.05) is 5.57 Å². The first kappa shape index (κ1) is 11.3. The third-order valence-electron chi connectivity index (χ3n) is 2.74. The van der Waals surface area contributed by atoms with Crippen molar-refractivity contribution in [2.45, 2.75) is 51.4 Å². The van der Waals surface area contributed by atoms with Gasteiger partial charge in [0.25, 0.3) is 0 Å². The lowest BCUT2D eigenvalue weighted by Gasteiger charge is -2.08. The van der Waals surface area contributed by atoms with E-state index in [0.29, 0.717) is 0 Å². The van der Waals surface area contributed by atoms with Crippen LogP contribution in [0.1, 0.15) is 51.4 Å². The van der Waals surface area contributed by atoms with Crippen LogP contribution in [0.4, 0.5) is 0 Å². The summed E-state index contributed by atoms with van der Waals surface area (Å²) < 4.78 is 4.75. The van der Waals surface area contributed by atoms with Crippen LogP contribution in [0.3, 0.4) is 0 Å². The zero-order valence-corrected chi connectivity index (χ0v) is 9.05. The van der Waals surface area contributed by atoms with Gasteiger partial charge in [-0.3, -0.25) is 0 Å². The van der Waals surface area contributed by atoms with Gasteiger partial charge in [-0.05, 0) is 25.7 Å². The van der Waals surface area contributed by atoms with Crippen LogP contribution in [0, 0.1) is 0 Å². The Morgan fingerprint density at radius 1 is 1.14 bits per heavy atom. The molecule has 1 aliphatic carbocycles. The van der Waals surface area contributed by atoms with E-state index in [1.165, 1.54) is 39.2 Å². The monoisotopic (exact) mass is 196 g/mol. The minimum atomic E-state index is -0.134. The first-order valence-corrected chi connectivity index (χ1v) is 5.62. The van der Waals surface area contributed by atoms with Gasteiger partial charge in [0.1, 0.15) is 0 Å². The molecule has 0 aliphatic heterocycles. The summed E-state index contributed by atoms with van der Waals surface area (Å²) in [4.78, 5) is 11.3. The van der Waals surface area contributed by atoms with Crippen LogP contribution in [0.25, 0.3) is 0 Å². The van der Waals surface area contributed by atoms with E-state index < -0.39 is 0 Å². The maximum absolute atomic E-state index is 11.3. The summed E-state index contributed by atoms with van der Waals surface area (Å²) in [7, 11) is 1.46. The molecule has 0 unspecified atom stereocenters. The Morgan fingerprint density at radius 3 is 2.50 bits per heavy atom. The first-order chi connectivity index (χ1) is 6.84. The van der Waals surface area contributed by atoms with Gasteiger partial charge in [0.15, 0.2) is 0 Å². The second-order valence-corrected chi connectivity index (χ2v) is 3.88. The Kier molecular flexibility index (Phi) is 5.35. The average Bonchev–Trinajstić information content (AvgIpc) is 2.24. The fraction of sp³-hybridized carbons (Fsp3) is 0.750. The number of carbonyl (C=O) groups is 1. The fourth-order valence-electron chi connectivity index (χ4n) is 1.86. The van der Waals surface area contributed by atoms with Crippen LogP contribution in [0.5, 0.6) is 0 Å². The Bertz CT molecular complexity index is 206. The molecule has 14 heavy (non-hydrogen) atoms. The van der Waals surface area contributed by atoms with Crippen LogP contribution in [-0.4, -0.2) is 13.1 Å². The Hall–Kier alpha value is -0.790. The molecule has 0 aromatic heterocycles. The Labute approximate surface area is 86.3 Å². The highest BCUT2D eigenvalue weighted by Crippen LogP contribution is 2.17. The number of esters is 1. The van der Waals surface area contributed by atoms with Crippen molar-refractivity contribution < 1.29 is 9.53 Å². The molecule has 0 aromatic rings. The van der Waals surface area contributed by atoms with Gasteiger partial charge >= 0.3 is 5.97 Å². The van der Waals surface area contributed by atoms with Crippen molar-refractivity contribution in [3.05, 3.63) is 11.6 Å². The summed E-state index contributed by atoms with van der Waals surface area (Å²) in [5.74, 6) is -0.134. The minimum absolute atomic E-state index is 0.134. The molecule has 0 heterocycles. The van der Waals surface area contributed by atoms with Gasteiger partial charge < -0.3 is 4.74 Å². The van der Waals surface area contributed by atoms with Crippen molar-refractivity contribution >= 4 is 5.97 Å². The number of rotatable bonds is 1. The van der Waals surface area contributed by atoms with E-state index in [4.69, 9.17) is 4.74 Å². The molecule has 2 heteroatoms. The molecule has 0 bridgehead atoms. The number of hydrogen-bond donors (Lipinski definition) is 0. The summed E-state index contributed by atoms with van der Waals surface area (Å²) >= 11 is 0. The molecule has 0 radical (unpaired) electrons. The zero-order valence-electron chi connectivity index (χ0n) is 9.05. The normalized spacial score (nSPS) is 23.4. The highest BCUT2D eigenvalue weighted by atomic mass is 16.5. The standard InChI is InChI=1S/C12H20O2/c1-14-12(13)11-9-7-5-3-2-4-6-8-10-11/h9H,2-8,10H2,1H3/b11-9+. The third-order valence-corrected chi connectivity index (χ3v) is 2.74. The minimum Gasteiger partial charge on any atom is -0.466 e. The summed E-state index contributed by atoms with van der Waals surface area (Å²) in [5.41, 5.74) is 0.884. The van der Waals surface area contributed by atoms with E-state index in [1.54, 1.807) is 0 Å². The van der Waals surface area contributed by atoms with Crippen LogP contribution in [-0.2, 0) is 9.53 Å². The van der Waals surface area contributed by atoms with Crippen LogP contribution in [0.2, 0.25) is 0 Å². The van der Waals surface area contributed by atoms with Crippen molar-refractivity contribution in [2.75, 3.05) is 7.11 Å². The van der Waals surface area contributed by atoms with E-state index in [-0.39, 0.29) is 5.97 Å². The number of carbonyl (C=O) groups excluding carboxylic acids is 1. The largest absolute Gasteiger partial charge is 0.466 e. The Morgan fingerprint density at radius 2 is 1.79 bits per heavy atom. The molecule has 0 amide bonds. The smallest absolute Gasteiger partial charge is 0.333 e. The molecule has 0 aromatic carbocycles. The van der Waals surface area contributed by atoms with Gasteiger partial charge in [0.05, 0.1) is 7.11 Å². The summed E-state index contributed by atoms with van der Waals surface area (Å²) in [6.45, 7) is 0. The van der Waals surface area contributed by atoms with Crippen molar-refractivity contribution in [1.29, 1.82) is 0 Å². The molecule has 2 nitrogen and oxygen atoms in total. The molecule has 0 saturated carbocycles. The number of ether oxygens (including phenoxy) is 1. The SMILES string of the molecule is COC(=O)/C1=C/CCCCCCCC1. The van der Waals surface area contributed by atoms with E-state index in [9.17, 15) is 4.79 Å². The van der Waals surface area contributed by atoms with Gasteiger partial charge in [-0.1, -0.05) is 31.8 Å². The van der Waals surface area contributed by atoms with Crippen LogP contribution in [0.15, 0.2) is 11.6 Å². The number of allylic oxidation sites excluding steroid dienone is 1. The van der Waals surface area contributed by atoms with Gasteiger partial charge in [-0.2, -0.15) is 0 Å². The van der Waals surface area contributed by atoms with Crippen LogP contribution < -0.4 is 0 Å². The maximum Gasteiger partial charge on any atom is 0.333 e. The van der Waals surface area contributed by atoms with E-state index in [1.807, 2.05) is 0 Å². The molecular formula is C12H20O2. The molecule has 80 valence electrons. The van der Waals surface area contributed by atoms with Crippen LogP contribution >= 0.6 is 0 Å². The predicted octanol–water partition coefficient (Wildman–Crippen LogP) is 3.22. The van der Waals surface area contributed by atoms with Crippen molar-refractivity contribution in [1.82, 2.24) is 0 Å². The van der Waals surface area contributed by atoms with E-state index in [2.05, 4.69) is 6.08 Å². The lowest BCUT2D eigenvalue weighted by molar-refractivity contribution is -0.136. The predicted molar refractivity (Wildman–Crippen MR) is 57.0 cm³/mol. The lowest BCUT2D eigenvalue weighted by atomic mass is 10.0. The molecule has 0 atom stereocenters. The summed E-state index contributed by atoms with van der Waals surface area (Å²) in [6, 6.07) is 0. The summed E-state index contributed by atoms with van der Waals surface area (Å²) in [5, 5.41) is 0. The molecule has 0 N–H and O–H groups in total. The van der Waals surface area contributed by atoms with Gasteiger partial charge in [-0.15, -0.1) is 0 Å². The average molecular weight is 196 g/mol. The van der Waals surface area contributed by atoms with Gasteiger partial charge in [0.2, 0.25) is 0 Å². The molecule has 0 saturated heterocycles. The molecule has 0 spiro atoms. The maximum atomic E-state index is 11.3. The summed E-state index contributed by atoms with van der Waals surface area (Å²) in [6.07, 6.45) is 11.5. The van der Waals surface area contributed by atoms with Crippen molar-refractivity contribution in [3.8, 4) is 0 Å². The second-order valence-electron chi connectivity index (χ2n) is 3.88. The molecule has 0 fully saturated rings. The molecular weight excluding hydrogens is 176 g/mol. The second kappa shape index (κ2) is 6.63. The zero-order chi connectivity index (χ0) is 10.2. The van der Waals surface area contributed by atoms with Gasteiger partial charge in [-0.25, -0.2) is 4.79 Å². The lowest BCUT2D eigenvalue weighted by Crippen LogP contribution is -2.05. The number of hydrogen-bond acceptors (Lipinski definition) is 2. The number of methoxy groups -OCH3 is 1.